The predicted molar refractivity (Wildman–Crippen MR) is 88.7 cm³/mol. The molecule has 6 nitrogen and oxygen atoms in total. The van der Waals surface area contributed by atoms with Gasteiger partial charge in [0.05, 0.1) is 25.6 Å². The zero-order valence-corrected chi connectivity index (χ0v) is 14.3. The van der Waals surface area contributed by atoms with Gasteiger partial charge in [0.1, 0.15) is 6.67 Å². The molecule has 3 heterocycles. The number of ether oxygens (including phenoxy) is 2. The quantitative estimate of drug-likeness (QED) is 0.791. The first-order valence-corrected chi connectivity index (χ1v) is 8.86. The molecular formula is C17H28N4O2. The molecule has 0 bridgehead atoms. The van der Waals surface area contributed by atoms with Crippen LogP contribution < -0.4 is 0 Å². The Labute approximate surface area is 138 Å². The first kappa shape index (κ1) is 15.3. The Morgan fingerprint density at radius 1 is 1.17 bits per heavy atom. The van der Waals surface area contributed by atoms with Gasteiger partial charge in [-0.2, -0.15) is 0 Å². The highest BCUT2D eigenvalue weighted by Gasteiger charge is 2.40. The third-order valence-corrected chi connectivity index (χ3v) is 5.64. The Kier molecular flexibility index (Phi) is 3.97. The molecule has 0 N–H and O–H groups in total. The number of fused-ring (bicyclic) bond motifs is 1. The number of nitrogens with zero attached hydrogens (tertiary/aromatic N) is 4. The molecule has 0 aromatic carbocycles. The largest absolute Gasteiger partial charge is 0.358 e. The van der Waals surface area contributed by atoms with Crippen molar-refractivity contribution in [2.45, 2.75) is 37.9 Å². The molecule has 0 aromatic heterocycles. The Balaban J connectivity index is 1.29. The topological polar surface area (TPSA) is 40.5 Å². The van der Waals surface area contributed by atoms with Crippen LogP contribution in [-0.2, 0) is 9.47 Å². The standard InChI is InChI=1S/C17H28N4O2/c1-19-12-18-16-15(19)11-21(13-20(16)2)8-5-14-3-6-17(7-4-14)22-9-10-23-17/h11,14H,3-10,12-13H2,1-2H3. The molecule has 3 aliphatic heterocycles. The van der Waals surface area contributed by atoms with Crippen molar-refractivity contribution in [1.82, 2.24) is 14.7 Å². The summed E-state index contributed by atoms with van der Waals surface area (Å²) in [6.45, 7) is 4.39. The van der Waals surface area contributed by atoms with E-state index < -0.39 is 0 Å². The molecule has 4 rings (SSSR count). The maximum absolute atomic E-state index is 5.83. The monoisotopic (exact) mass is 320 g/mol. The van der Waals surface area contributed by atoms with Gasteiger partial charge in [-0.15, -0.1) is 0 Å². The minimum Gasteiger partial charge on any atom is -0.358 e. The van der Waals surface area contributed by atoms with Crippen LogP contribution in [0.25, 0.3) is 0 Å². The van der Waals surface area contributed by atoms with Crippen molar-refractivity contribution in [2.24, 2.45) is 10.9 Å². The molecule has 4 aliphatic rings. The maximum atomic E-state index is 5.83. The lowest BCUT2D eigenvalue weighted by Gasteiger charge is -2.38. The summed E-state index contributed by atoms with van der Waals surface area (Å²) in [6.07, 6.45) is 8.14. The molecule has 0 atom stereocenters. The summed E-state index contributed by atoms with van der Waals surface area (Å²) >= 11 is 0. The van der Waals surface area contributed by atoms with E-state index >= 15 is 0 Å². The number of hydrogen-bond acceptors (Lipinski definition) is 6. The lowest BCUT2D eigenvalue weighted by Crippen LogP contribution is -2.43. The van der Waals surface area contributed by atoms with E-state index in [1.54, 1.807) is 0 Å². The maximum Gasteiger partial charge on any atom is 0.168 e. The van der Waals surface area contributed by atoms with Crippen LogP contribution in [0.2, 0.25) is 0 Å². The molecule has 2 fully saturated rings. The Bertz CT molecular complexity index is 503. The van der Waals surface area contributed by atoms with Gasteiger partial charge >= 0.3 is 0 Å². The van der Waals surface area contributed by atoms with Crippen LogP contribution in [0.5, 0.6) is 0 Å². The van der Waals surface area contributed by atoms with E-state index in [-0.39, 0.29) is 5.79 Å². The summed E-state index contributed by atoms with van der Waals surface area (Å²) in [5, 5.41) is 0. The summed E-state index contributed by atoms with van der Waals surface area (Å²) in [5.41, 5.74) is 1.26. The van der Waals surface area contributed by atoms with E-state index in [9.17, 15) is 0 Å². The minimum atomic E-state index is -0.220. The Morgan fingerprint density at radius 3 is 2.65 bits per heavy atom. The fourth-order valence-corrected chi connectivity index (χ4v) is 4.20. The number of amidine groups is 1. The van der Waals surface area contributed by atoms with Gasteiger partial charge in [0.2, 0.25) is 0 Å². The molecule has 1 spiro atoms. The van der Waals surface area contributed by atoms with Crippen molar-refractivity contribution in [3.05, 3.63) is 11.9 Å². The highest BCUT2D eigenvalue weighted by atomic mass is 16.7. The van der Waals surface area contributed by atoms with E-state index in [1.165, 1.54) is 25.0 Å². The smallest absolute Gasteiger partial charge is 0.168 e. The van der Waals surface area contributed by atoms with Crippen LogP contribution in [0.1, 0.15) is 32.1 Å². The molecule has 0 amide bonds. The second kappa shape index (κ2) is 5.98. The molecule has 23 heavy (non-hydrogen) atoms. The van der Waals surface area contributed by atoms with E-state index in [4.69, 9.17) is 9.47 Å². The summed E-state index contributed by atoms with van der Waals surface area (Å²) in [5.74, 6) is 1.72. The third kappa shape index (κ3) is 2.94. The lowest BCUT2D eigenvalue weighted by molar-refractivity contribution is -0.182. The van der Waals surface area contributed by atoms with Gasteiger partial charge in [-0.05, 0) is 25.2 Å². The van der Waals surface area contributed by atoms with Crippen LogP contribution in [0.3, 0.4) is 0 Å². The fraction of sp³-hybridized carbons (Fsp3) is 0.824. The Hall–Kier alpha value is -1.27. The van der Waals surface area contributed by atoms with Gasteiger partial charge in [-0.25, -0.2) is 4.99 Å². The van der Waals surface area contributed by atoms with E-state index in [0.29, 0.717) is 0 Å². The minimum absolute atomic E-state index is 0.220. The van der Waals surface area contributed by atoms with E-state index in [0.717, 1.165) is 57.7 Å². The van der Waals surface area contributed by atoms with Crippen molar-refractivity contribution in [2.75, 3.05) is 47.2 Å². The van der Waals surface area contributed by atoms with Gasteiger partial charge in [0.15, 0.2) is 11.6 Å². The fourth-order valence-electron chi connectivity index (χ4n) is 4.20. The normalized spacial score (nSPS) is 27.5. The second-order valence-electron chi connectivity index (χ2n) is 7.33. The number of aliphatic imine (C=N–C) groups is 1. The van der Waals surface area contributed by atoms with Crippen molar-refractivity contribution in [3.63, 3.8) is 0 Å². The van der Waals surface area contributed by atoms with Crippen molar-refractivity contribution < 1.29 is 9.47 Å². The zero-order chi connectivity index (χ0) is 15.9. The molecular weight excluding hydrogens is 292 g/mol. The summed E-state index contributed by atoms with van der Waals surface area (Å²) in [6, 6.07) is 0. The molecule has 0 unspecified atom stereocenters. The average molecular weight is 320 g/mol. The van der Waals surface area contributed by atoms with Crippen molar-refractivity contribution in [3.8, 4) is 0 Å². The molecule has 1 aliphatic carbocycles. The lowest BCUT2D eigenvalue weighted by atomic mass is 9.83. The first-order valence-electron chi connectivity index (χ1n) is 8.86. The molecule has 6 heteroatoms. The molecule has 0 radical (unpaired) electrons. The van der Waals surface area contributed by atoms with Crippen LogP contribution in [0.4, 0.5) is 0 Å². The van der Waals surface area contributed by atoms with Crippen LogP contribution in [0.15, 0.2) is 16.9 Å². The summed E-state index contributed by atoms with van der Waals surface area (Å²) < 4.78 is 11.7. The third-order valence-electron chi connectivity index (χ3n) is 5.64. The predicted octanol–water partition coefficient (Wildman–Crippen LogP) is 1.66. The molecule has 1 saturated heterocycles. The number of likely N-dealkylation sites (N-methyl/N-ethyl adjacent to an activating group) is 2. The summed E-state index contributed by atoms with van der Waals surface area (Å²) in [4.78, 5) is 11.5. The highest BCUT2D eigenvalue weighted by Crippen LogP contribution is 2.39. The average Bonchev–Trinajstić information content (AvgIpc) is 3.15. The van der Waals surface area contributed by atoms with Crippen molar-refractivity contribution in [1.29, 1.82) is 0 Å². The second-order valence-corrected chi connectivity index (χ2v) is 7.33. The van der Waals surface area contributed by atoms with Crippen LogP contribution in [0, 0.1) is 5.92 Å². The molecule has 0 aromatic rings. The van der Waals surface area contributed by atoms with E-state index in [1.807, 2.05) is 0 Å². The van der Waals surface area contributed by atoms with E-state index in [2.05, 4.69) is 40.0 Å². The van der Waals surface area contributed by atoms with Gasteiger partial charge in [0, 0.05) is 39.7 Å². The van der Waals surface area contributed by atoms with Gasteiger partial charge < -0.3 is 24.2 Å². The SMILES string of the molecule is CN1CN=C2C1=CN(CCC1CCC3(CC1)OCCO3)CN2C. The highest BCUT2D eigenvalue weighted by molar-refractivity contribution is 5.99. The van der Waals surface area contributed by atoms with Crippen molar-refractivity contribution >= 4 is 5.84 Å². The number of rotatable bonds is 3. The summed E-state index contributed by atoms with van der Waals surface area (Å²) in [7, 11) is 4.25. The number of hydrogen-bond donors (Lipinski definition) is 0. The van der Waals surface area contributed by atoms with Gasteiger partial charge in [-0.1, -0.05) is 0 Å². The van der Waals surface area contributed by atoms with Gasteiger partial charge in [-0.3, -0.25) is 0 Å². The Morgan fingerprint density at radius 2 is 1.91 bits per heavy atom. The zero-order valence-electron chi connectivity index (χ0n) is 14.3. The molecule has 128 valence electrons. The molecule has 1 saturated carbocycles. The van der Waals surface area contributed by atoms with Crippen LogP contribution >= 0.6 is 0 Å². The van der Waals surface area contributed by atoms with Gasteiger partial charge in [0.25, 0.3) is 0 Å². The van der Waals surface area contributed by atoms with Crippen LogP contribution in [-0.4, -0.2) is 73.5 Å². The first-order chi connectivity index (χ1) is 11.2.